The quantitative estimate of drug-likeness (QED) is 0.745. The summed E-state index contributed by atoms with van der Waals surface area (Å²) in [5.41, 5.74) is 2.69. The van der Waals surface area contributed by atoms with E-state index in [4.69, 9.17) is 0 Å². The number of thiophene rings is 1. The Morgan fingerprint density at radius 3 is 2.50 bits per heavy atom. The highest BCUT2D eigenvalue weighted by atomic mass is 79.9. The van der Waals surface area contributed by atoms with E-state index in [9.17, 15) is 0 Å². The standard InChI is InChI=1S/C14H15Br2NS/c1-2-17-12(8-10-6-4-3-5-7-10)11-9-13(15)18-14(11)16/h3-7,9,12,17H,2,8H2,1H3. The van der Waals surface area contributed by atoms with E-state index in [1.807, 2.05) is 0 Å². The van der Waals surface area contributed by atoms with Crippen molar-refractivity contribution in [2.24, 2.45) is 0 Å². The van der Waals surface area contributed by atoms with Crippen molar-refractivity contribution >= 4 is 43.2 Å². The lowest BCUT2D eigenvalue weighted by molar-refractivity contribution is 0.549. The molecule has 2 aromatic rings. The Kier molecular flexibility index (Phi) is 5.42. The molecule has 0 saturated heterocycles. The van der Waals surface area contributed by atoms with E-state index in [0.717, 1.165) is 13.0 Å². The molecule has 1 nitrogen and oxygen atoms in total. The smallest absolute Gasteiger partial charge is 0.0758 e. The first-order chi connectivity index (χ1) is 8.70. The van der Waals surface area contributed by atoms with E-state index in [1.165, 1.54) is 18.7 Å². The summed E-state index contributed by atoms with van der Waals surface area (Å²) < 4.78 is 2.37. The minimum Gasteiger partial charge on any atom is -0.310 e. The second-order valence-corrected chi connectivity index (χ2v) is 7.83. The molecule has 0 aliphatic carbocycles. The Hall–Kier alpha value is -0.160. The zero-order valence-corrected chi connectivity index (χ0v) is 14.1. The van der Waals surface area contributed by atoms with Gasteiger partial charge in [-0.2, -0.15) is 0 Å². The predicted octanol–water partition coefficient (Wildman–Crippen LogP) is 5.17. The van der Waals surface area contributed by atoms with Gasteiger partial charge in [-0.05, 0) is 62.0 Å². The lowest BCUT2D eigenvalue weighted by Gasteiger charge is -2.17. The van der Waals surface area contributed by atoms with E-state index >= 15 is 0 Å². The lowest BCUT2D eigenvalue weighted by Crippen LogP contribution is -2.22. The summed E-state index contributed by atoms with van der Waals surface area (Å²) >= 11 is 8.93. The van der Waals surface area contributed by atoms with E-state index in [0.29, 0.717) is 6.04 Å². The normalized spacial score (nSPS) is 12.6. The number of hydrogen-bond acceptors (Lipinski definition) is 2. The predicted molar refractivity (Wildman–Crippen MR) is 86.3 cm³/mol. The van der Waals surface area contributed by atoms with Crippen LogP contribution in [0.25, 0.3) is 0 Å². The average Bonchev–Trinajstić information content (AvgIpc) is 2.69. The van der Waals surface area contributed by atoms with Crippen LogP contribution in [0.3, 0.4) is 0 Å². The van der Waals surface area contributed by atoms with Crippen molar-refractivity contribution in [3.63, 3.8) is 0 Å². The first-order valence-corrected chi connectivity index (χ1v) is 8.33. The topological polar surface area (TPSA) is 12.0 Å². The van der Waals surface area contributed by atoms with Gasteiger partial charge in [0.25, 0.3) is 0 Å². The molecule has 0 radical (unpaired) electrons. The SMILES string of the molecule is CCNC(Cc1ccccc1)c1cc(Br)sc1Br. The molecule has 2 rings (SSSR count). The number of hydrogen-bond donors (Lipinski definition) is 1. The summed E-state index contributed by atoms with van der Waals surface area (Å²) in [6.07, 6.45) is 1.01. The molecule has 4 heteroatoms. The van der Waals surface area contributed by atoms with Crippen molar-refractivity contribution in [3.05, 3.63) is 55.1 Å². The molecular formula is C14H15Br2NS. The minimum absolute atomic E-state index is 0.356. The third-order valence-electron chi connectivity index (χ3n) is 2.79. The zero-order valence-electron chi connectivity index (χ0n) is 10.1. The number of rotatable bonds is 5. The average molecular weight is 389 g/mol. The van der Waals surface area contributed by atoms with Crippen molar-refractivity contribution < 1.29 is 0 Å². The molecule has 96 valence electrons. The second kappa shape index (κ2) is 6.85. The molecule has 0 aliphatic heterocycles. The van der Waals surface area contributed by atoms with Gasteiger partial charge in [0, 0.05) is 6.04 Å². The van der Waals surface area contributed by atoms with Crippen LogP contribution in [0.5, 0.6) is 0 Å². The summed E-state index contributed by atoms with van der Waals surface area (Å²) in [6.45, 7) is 3.12. The van der Waals surface area contributed by atoms with Crippen molar-refractivity contribution in [3.8, 4) is 0 Å². The first-order valence-electron chi connectivity index (χ1n) is 5.92. The van der Waals surface area contributed by atoms with Crippen molar-refractivity contribution in [2.75, 3.05) is 6.54 Å². The van der Waals surface area contributed by atoms with Gasteiger partial charge in [0.1, 0.15) is 0 Å². The molecule has 0 aliphatic rings. The Morgan fingerprint density at radius 2 is 1.94 bits per heavy atom. The summed E-state index contributed by atoms with van der Waals surface area (Å²) in [7, 11) is 0. The second-order valence-electron chi connectivity index (χ2n) is 4.08. The molecule has 0 amide bonds. The summed E-state index contributed by atoms with van der Waals surface area (Å²) in [5, 5.41) is 3.56. The molecule has 0 bridgehead atoms. The number of halogens is 2. The molecular weight excluding hydrogens is 374 g/mol. The van der Waals surface area contributed by atoms with Gasteiger partial charge in [-0.15, -0.1) is 11.3 Å². The van der Waals surface area contributed by atoms with Crippen molar-refractivity contribution in [2.45, 2.75) is 19.4 Å². The highest BCUT2D eigenvalue weighted by Gasteiger charge is 2.16. The van der Waals surface area contributed by atoms with Gasteiger partial charge >= 0.3 is 0 Å². The van der Waals surface area contributed by atoms with Crippen LogP contribution in [0.1, 0.15) is 24.1 Å². The highest BCUT2D eigenvalue weighted by molar-refractivity contribution is 9.12. The van der Waals surface area contributed by atoms with Crippen LogP contribution < -0.4 is 5.32 Å². The van der Waals surface area contributed by atoms with Crippen LogP contribution >= 0.6 is 43.2 Å². The van der Waals surface area contributed by atoms with E-state index in [2.05, 4.69) is 80.5 Å². The molecule has 0 saturated carbocycles. The monoisotopic (exact) mass is 387 g/mol. The third-order valence-corrected chi connectivity index (χ3v) is 5.18. The maximum Gasteiger partial charge on any atom is 0.0758 e. The molecule has 1 aromatic heterocycles. The first kappa shape index (κ1) is 14.3. The molecule has 1 atom stereocenters. The van der Waals surface area contributed by atoms with Crippen LogP contribution in [0, 0.1) is 0 Å². The summed E-state index contributed by atoms with van der Waals surface area (Å²) in [6, 6.07) is 13.2. The number of benzene rings is 1. The molecule has 1 heterocycles. The van der Waals surface area contributed by atoms with Gasteiger partial charge in [0.05, 0.1) is 7.57 Å². The zero-order chi connectivity index (χ0) is 13.0. The molecule has 1 aromatic carbocycles. The fourth-order valence-electron chi connectivity index (χ4n) is 1.98. The van der Waals surface area contributed by atoms with Crippen LogP contribution in [0.4, 0.5) is 0 Å². The van der Waals surface area contributed by atoms with Crippen molar-refractivity contribution in [1.29, 1.82) is 0 Å². The summed E-state index contributed by atoms with van der Waals surface area (Å²) in [4.78, 5) is 0. The van der Waals surface area contributed by atoms with Crippen LogP contribution in [0.2, 0.25) is 0 Å². The minimum atomic E-state index is 0.356. The van der Waals surface area contributed by atoms with E-state index in [-0.39, 0.29) is 0 Å². The Balaban J connectivity index is 2.21. The highest BCUT2D eigenvalue weighted by Crippen LogP contribution is 2.36. The Morgan fingerprint density at radius 1 is 1.22 bits per heavy atom. The van der Waals surface area contributed by atoms with Gasteiger partial charge < -0.3 is 5.32 Å². The molecule has 1 unspecified atom stereocenters. The largest absolute Gasteiger partial charge is 0.310 e. The fourth-order valence-corrected chi connectivity index (χ4v) is 4.95. The van der Waals surface area contributed by atoms with Gasteiger partial charge in [0.15, 0.2) is 0 Å². The molecule has 1 N–H and O–H groups in total. The maximum absolute atomic E-state index is 3.65. The third kappa shape index (κ3) is 3.67. The van der Waals surface area contributed by atoms with Gasteiger partial charge in [0.2, 0.25) is 0 Å². The van der Waals surface area contributed by atoms with Crippen LogP contribution in [0.15, 0.2) is 44.0 Å². The Bertz CT molecular complexity index is 496. The lowest BCUT2D eigenvalue weighted by atomic mass is 10.0. The van der Waals surface area contributed by atoms with E-state index < -0.39 is 0 Å². The number of likely N-dealkylation sites (N-methyl/N-ethyl adjacent to an activating group) is 1. The number of nitrogens with one attached hydrogen (secondary N) is 1. The summed E-state index contributed by atoms with van der Waals surface area (Å²) in [5.74, 6) is 0. The van der Waals surface area contributed by atoms with Gasteiger partial charge in [-0.25, -0.2) is 0 Å². The molecule has 0 spiro atoms. The van der Waals surface area contributed by atoms with Crippen LogP contribution in [-0.2, 0) is 6.42 Å². The van der Waals surface area contributed by atoms with Gasteiger partial charge in [-0.1, -0.05) is 37.3 Å². The maximum atomic E-state index is 3.65. The van der Waals surface area contributed by atoms with Gasteiger partial charge in [-0.3, -0.25) is 0 Å². The van der Waals surface area contributed by atoms with Crippen LogP contribution in [-0.4, -0.2) is 6.54 Å². The Labute approximate surface area is 129 Å². The van der Waals surface area contributed by atoms with E-state index in [1.54, 1.807) is 11.3 Å². The van der Waals surface area contributed by atoms with Crippen molar-refractivity contribution in [1.82, 2.24) is 5.32 Å². The molecule has 0 fully saturated rings. The fraction of sp³-hybridized carbons (Fsp3) is 0.286. The molecule has 18 heavy (non-hydrogen) atoms.